The summed E-state index contributed by atoms with van der Waals surface area (Å²) in [6, 6.07) is 0. The van der Waals surface area contributed by atoms with Gasteiger partial charge in [-0.15, -0.1) is 12.4 Å². The lowest BCUT2D eigenvalue weighted by molar-refractivity contribution is -0.142. The number of hydrogen-bond acceptors (Lipinski definition) is 4. The molecule has 1 aliphatic heterocycles. The summed E-state index contributed by atoms with van der Waals surface area (Å²) in [6.45, 7) is 1.34. The minimum absolute atomic E-state index is 0. The third kappa shape index (κ3) is 5.28. The van der Waals surface area contributed by atoms with Crippen LogP contribution < -0.4 is 10.6 Å². The van der Waals surface area contributed by atoms with E-state index in [1.807, 2.05) is 0 Å². The number of aliphatic hydroxyl groups is 1. The number of aliphatic hydroxyl groups excluding tert-OH is 1. The van der Waals surface area contributed by atoms with Gasteiger partial charge in [0, 0.05) is 43.9 Å². The maximum absolute atomic E-state index is 12.1. The molecule has 0 aromatic carbocycles. The standard InChI is InChI=1S/C11H17F3N4O.ClH/c12-11(13,14)7-18-6-8(2-17-18)1-15-3-9-4-16-5-10(9)19;/h2,6,9-10,15-16,19H,1,3-5,7H2;1H. The highest BCUT2D eigenvalue weighted by atomic mass is 35.5. The van der Waals surface area contributed by atoms with Gasteiger partial charge in [-0.2, -0.15) is 18.3 Å². The summed E-state index contributed by atoms with van der Waals surface area (Å²) in [5.41, 5.74) is 0.699. The normalized spacial score (nSPS) is 22.8. The number of alkyl halides is 3. The number of nitrogens with one attached hydrogen (secondary N) is 2. The van der Waals surface area contributed by atoms with Crippen LogP contribution in [0, 0.1) is 5.92 Å². The zero-order valence-corrected chi connectivity index (χ0v) is 11.5. The Morgan fingerprint density at radius 2 is 2.20 bits per heavy atom. The van der Waals surface area contributed by atoms with Crippen LogP contribution in [-0.2, 0) is 13.1 Å². The van der Waals surface area contributed by atoms with E-state index in [0.29, 0.717) is 25.2 Å². The Morgan fingerprint density at radius 1 is 1.45 bits per heavy atom. The van der Waals surface area contributed by atoms with Gasteiger partial charge in [-0.05, 0) is 0 Å². The minimum atomic E-state index is -4.25. The molecular weight excluding hydrogens is 297 g/mol. The van der Waals surface area contributed by atoms with Crippen LogP contribution in [0.5, 0.6) is 0 Å². The molecule has 2 rings (SSSR count). The molecule has 0 saturated carbocycles. The first kappa shape index (κ1) is 17.2. The highest BCUT2D eigenvalue weighted by Gasteiger charge is 2.28. The summed E-state index contributed by atoms with van der Waals surface area (Å²) in [7, 11) is 0. The predicted molar refractivity (Wildman–Crippen MR) is 69.6 cm³/mol. The van der Waals surface area contributed by atoms with E-state index in [2.05, 4.69) is 15.7 Å². The van der Waals surface area contributed by atoms with Crippen LogP contribution in [0.4, 0.5) is 13.2 Å². The van der Waals surface area contributed by atoms with E-state index in [9.17, 15) is 18.3 Å². The van der Waals surface area contributed by atoms with Crippen molar-refractivity contribution in [1.29, 1.82) is 0 Å². The van der Waals surface area contributed by atoms with Gasteiger partial charge in [-0.25, -0.2) is 0 Å². The van der Waals surface area contributed by atoms with Gasteiger partial charge in [0.15, 0.2) is 0 Å². The summed E-state index contributed by atoms with van der Waals surface area (Å²) >= 11 is 0. The van der Waals surface area contributed by atoms with E-state index < -0.39 is 12.7 Å². The van der Waals surface area contributed by atoms with Crippen molar-refractivity contribution in [3.05, 3.63) is 18.0 Å². The fraction of sp³-hybridized carbons (Fsp3) is 0.727. The maximum Gasteiger partial charge on any atom is 0.408 e. The van der Waals surface area contributed by atoms with Crippen molar-refractivity contribution < 1.29 is 18.3 Å². The Balaban J connectivity index is 0.00000200. The fourth-order valence-electron chi connectivity index (χ4n) is 2.10. The Kier molecular flexibility index (Phi) is 6.25. The molecule has 9 heteroatoms. The van der Waals surface area contributed by atoms with Crippen LogP contribution >= 0.6 is 12.4 Å². The first-order valence-corrected chi connectivity index (χ1v) is 6.11. The molecule has 2 heterocycles. The van der Waals surface area contributed by atoms with Crippen molar-refractivity contribution in [2.45, 2.75) is 25.4 Å². The molecule has 0 aliphatic carbocycles. The van der Waals surface area contributed by atoms with Crippen LogP contribution in [0.1, 0.15) is 5.56 Å². The van der Waals surface area contributed by atoms with Gasteiger partial charge in [0.2, 0.25) is 0 Å². The molecule has 3 N–H and O–H groups in total. The lowest BCUT2D eigenvalue weighted by atomic mass is 10.1. The molecule has 1 fully saturated rings. The van der Waals surface area contributed by atoms with Gasteiger partial charge < -0.3 is 15.7 Å². The van der Waals surface area contributed by atoms with E-state index in [1.165, 1.54) is 12.4 Å². The molecule has 2 unspecified atom stereocenters. The van der Waals surface area contributed by atoms with Crippen molar-refractivity contribution in [2.24, 2.45) is 5.92 Å². The number of hydrogen-bond donors (Lipinski definition) is 3. The number of nitrogens with zero attached hydrogens (tertiary/aromatic N) is 2. The second-order valence-electron chi connectivity index (χ2n) is 4.78. The largest absolute Gasteiger partial charge is 0.408 e. The SMILES string of the molecule is Cl.OC1CNCC1CNCc1cnn(CC(F)(F)F)c1. The van der Waals surface area contributed by atoms with E-state index >= 15 is 0 Å². The highest BCUT2D eigenvalue weighted by molar-refractivity contribution is 5.85. The number of halogens is 4. The smallest absolute Gasteiger partial charge is 0.391 e. The second-order valence-corrected chi connectivity index (χ2v) is 4.78. The molecule has 1 aliphatic rings. The molecule has 1 aromatic heterocycles. The van der Waals surface area contributed by atoms with E-state index in [4.69, 9.17) is 0 Å². The molecule has 5 nitrogen and oxygen atoms in total. The topological polar surface area (TPSA) is 62.1 Å². The molecule has 116 valence electrons. The lowest BCUT2D eigenvalue weighted by Gasteiger charge is -2.13. The van der Waals surface area contributed by atoms with Crippen molar-refractivity contribution >= 4 is 12.4 Å². The van der Waals surface area contributed by atoms with Crippen molar-refractivity contribution in [3.8, 4) is 0 Å². The second kappa shape index (κ2) is 7.26. The number of β-amino-alcohol motifs (C(OH)–C–C–N with tert-alkyl or cyclic N) is 1. The number of rotatable bonds is 5. The average molecular weight is 315 g/mol. The molecule has 20 heavy (non-hydrogen) atoms. The minimum Gasteiger partial charge on any atom is -0.391 e. The van der Waals surface area contributed by atoms with Crippen molar-refractivity contribution in [3.63, 3.8) is 0 Å². The average Bonchev–Trinajstić information content (AvgIpc) is 2.87. The molecule has 1 saturated heterocycles. The lowest BCUT2D eigenvalue weighted by Crippen LogP contribution is -2.30. The van der Waals surface area contributed by atoms with Crippen LogP contribution in [0.2, 0.25) is 0 Å². The van der Waals surface area contributed by atoms with Crippen molar-refractivity contribution in [1.82, 2.24) is 20.4 Å². The van der Waals surface area contributed by atoms with Gasteiger partial charge in [-0.3, -0.25) is 4.68 Å². The molecule has 1 aromatic rings. The van der Waals surface area contributed by atoms with Gasteiger partial charge in [-0.1, -0.05) is 0 Å². The van der Waals surface area contributed by atoms with Crippen LogP contribution in [0.3, 0.4) is 0 Å². The van der Waals surface area contributed by atoms with Gasteiger partial charge in [0.1, 0.15) is 6.54 Å². The van der Waals surface area contributed by atoms with E-state index in [1.54, 1.807) is 0 Å². The molecule has 0 bridgehead atoms. The summed E-state index contributed by atoms with van der Waals surface area (Å²) in [6.07, 6.45) is -1.82. The third-order valence-electron chi connectivity index (χ3n) is 3.07. The summed E-state index contributed by atoms with van der Waals surface area (Å²) in [4.78, 5) is 0. The summed E-state index contributed by atoms with van der Waals surface area (Å²) in [5, 5.41) is 19.4. The monoisotopic (exact) mass is 314 g/mol. The van der Waals surface area contributed by atoms with Gasteiger partial charge in [0.25, 0.3) is 0 Å². The maximum atomic E-state index is 12.1. The first-order valence-electron chi connectivity index (χ1n) is 6.11. The molecular formula is C11H18ClF3N4O. The molecule has 0 amide bonds. The van der Waals surface area contributed by atoms with Crippen molar-refractivity contribution in [2.75, 3.05) is 19.6 Å². The number of aromatic nitrogens is 2. The third-order valence-corrected chi connectivity index (χ3v) is 3.07. The first-order chi connectivity index (χ1) is 8.94. The summed E-state index contributed by atoms with van der Waals surface area (Å²) < 4.78 is 37.3. The van der Waals surface area contributed by atoms with Crippen LogP contribution in [0.25, 0.3) is 0 Å². The van der Waals surface area contributed by atoms with Gasteiger partial charge in [0.05, 0.1) is 12.3 Å². The van der Waals surface area contributed by atoms with Crippen LogP contribution in [-0.4, -0.2) is 46.8 Å². The highest BCUT2D eigenvalue weighted by Crippen LogP contribution is 2.17. The molecule has 0 radical (unpaired) electrons. The zero-order chi connectivity index (χ0) is 13.9. The fourth-order valence-corrected chi connectivity index (χ4v) is 2.10. The van der Waals surface area contributed by atoms with E-state index in [-0.39, 0.29) is 24.4 Å². The Bertz CT molecular complexity index is 413. The molecule has 2 atom stereocenters. The van der Waals surface area contributed by atoms with Crippen LogP contribution in [0.15, 0.2) is 12.4 Å². The quantitative estimate of drug-likeness (QED) is 0.742. The Morgan fingerprint density at radius 3 is 2.80 bits per heavy atom. The Labute approximate surface area is 120 Å². The van der Waals surface area contributed by atoms with Gasteiger partial charge >= 0.3 is 6.18 Å². The Hall–Kier alpha value is -0.830. The van der Waals surface area contributed by atoms with E-state index in [0.717, 1.165) is 11.2 Å². The zero-order valence-electron chi connectivity index (χ0n) is 10.7. The predicted octanol–water partition coefficient (Wildman–Crippen LogP) is 0.537. The molecule has 0 spiro atoms. The summed E-state index contributed by atoms with van der Waals surface area (Å²) in [5.74, 6) is 0.144.